The van der Waals surface area contributed by atoms with E-state index in [0.29, 0.717) is 146 Å². The Kier molecular flexibility index (Phi) is 31.6. The van der Waals surface area contributed by atoms with E-state index in [9.17, 15) is 62.1 Å². The van der Waals surface area contributed by atoms with Crippen molar-refractivity contribution in [2.75, 3.05) is 167 Å². The number of halogens is 2. The molecule has 6 amide bonds. The Morgan fingerprint density at radius 2 is 1.39 bits per heavy atom. The number of aliphatic hydroxyl groups excluding tert-OH is 1. The Hall–Kier alpha value is -7.24. The van der Waals surface area contributed by atoms with E-state index in [2.05, 4.69) is 49.2 Å². The zero-order chi connectivity index (χ0) is 66.3. The monoisotopic (exact) mass is 1320 g/mol. The molecule has 92 heavy (non-hydrogen) atoms. The van der Waals surface area contributed by atoms with Gasteiger partial charge in [0.25, 0.3) is 30.7 Å². The molecule has 3 fully saturated rings. The van der Waals surface area contributed by atoms with Crippen LogP contribution in [0.15, 0.2) is 54.7 Å². The van der Waals surface area contributed by atoms with Crippen molar-refractivity contribution in [1.29, 1.82) is 0 Å². The van der Waals surface area contributed by atoms with Gasteiger partial charge in [0.2, 0.25) is 23.6 Å². The lowest BCUT2D eigenvalue weighted by Crippen LogP contribution is -2.53. The number of carbonyl (C=O) groups is 9. The molecule has 30 heteroatoms. The van der Waals surface area contributed by atoms with Crippen LogP contribution in [-0.2, 0) is 54.3 Å². The second-order valence-corrected chi connectivity index (χ2v) is 24.9. The summed E-state index contributed by atoms with van der Waals surface area (Å²) in [5.41, 5.74) is 3.04. The molecule has 0 aliphatic carbocycles. The number of amides is 6. The number of carbonyl (C=O) groups excluding carboxylic acids is 8. The summed E-state index contributed by atoms with van der Waals surface area (Å²) in [5, 5.41) is 32.3. The number of carboxylic acid groups (broad SMARTS) is 1. The van der Waals surface area contributed by atoms with E-state index in [1.807, 2.05) is 33.8 Å². The van der Waals surface area contributed by atoms with Crippen molar-refractivity contribution in [2.45, 2.75) is 63.1 Å². The van der Waals surface area contributed by atoms with Crippen LogP contribution in [0.4, 0.5) is 8.78 Å². The highest BCUT2D eigenvalue weighted by Crippen LogP contribution is 2.32. The highest BCUT2D eigenvalue weighted by Gasteiger charge is 2.46. The number of aliphatic hydroxyl groups is 1. The molecule has 26 nitrogen and oxygen atoms in total. The smallest absolute Gasteiger partial charge is 0.317 e. The molecule has 6 N–H and O–H groups in total. The van der Waals surface area contributed by atoms with E-state index < -0.39 is 79.1 Å². The van der Waals surface area contributed by atoms with Crippen LogP contribution in [0.25, 0.3) is 10.9 Å². The van der Waals surface area contributed by atoms with E-state index in [1.54, 1.807) is 28.0 Å². The zero-order valence-corrected chi connectivity index (χ0v) is 53.7. The molecule has 504 valence electrons. The van der Waals surface area contributed by atoms with Crippen LogP contribution in [0.5, 0.6) is 5.75 Å². The third-order valence-electron chi connectivity index (χ3n) is 15.6. The number of piperazine rings is 1. The number of thioether (sulfide) groups is 2. The van der Waals surface area contributed by atoms with E-state index in [0.717, 1.165) is 22.4 Å². The number of rotatable bonds is 35. The number of nitrogens with one attached hydrogen (secondary N) is 4. The number of ether oxygens (including phenoxy) is 3. The van der Waals surface area contributed by atoms with Crippen molar-refractivity contribution >= 4 is 88.8 Å². The molecule has 1 unspecified atom stereocenters. The van der Waals surface area contributed by atoms with Crippen molar-refractivity contribution in [3.05, 3.63) is 71.4 Å². The van der Waals surface area contributed by atoms with Crippen molar-refractivity contribution in [2.24, 2.45) is 0 Å². The second kappa shape index (κ2) is 39.3. The van der Waals surface area contributed by atoms with Gasteiger partial charge in [-0.3, -0.25) is 72.6 Å². The first-order valence-corrected chi connectivity index (χ1v) is 33.0. The maximum atomic E-state index is 14.0. The summed E-state index contributed by atoms with van der Waals surface area (Å²) >= 11 is 2.66. The molecule has 4 heterocycles. The van der Waals surface area contributed by atoms with Gasteiger partial charge in [-0.05, 0) is 56.0 Å². The first kappa shape index (κ1) is 73.8. The second-order valence-electron chi connectivity index (χ2n) is 22.6. The minimum atomic E-state index is -3.11. The number of hydrogen-bond donors (Lipinski definition) is 6. The molecule has 0 radical (unpaired) electrons. The third-order valence-corrected chi connectivity index (χ3v) is 17.7. The molecular formula is C62H86F2N12O14S2. The van der Waals surface area contributed by atoms with Gasteiger partial charge < -0.3 is 55.5 Å². The Bertz CT molecular complexity index is 2950. The molecule has 3 saturated heterocycles. The van der Waals surface area contributed by atoms with E-state index in [-0.39, 0.29) is 69.2 Å². The molecular weight excluding hydrogens is 1240 g/mol. The topological polar surface area (TPSA) is 305 Å². The number of aryl methyl sites for hydroxylation is 2. The number of carboxylic acids is 1. The Morgan fingerprint density at radius 3 is 2.03 bits per heavy atom. The molecule has 3 aromatic rings. The number of likely N-dealkylation sites (tertiary alicyclic amines) is 1. The Morgan fingerprint density at radius 1 is 0.772 bits per heavy atom. The SMILES string of the molecule is C#C[C@H]1CC(F)(F)CN1C(=O)CNC(=O)c1ccnc2ccc(OCCCN3CCN(C(=O)[C@H](O)CSCCNC(=O)C(CSCCNC(=O)CCCc4ccc(C)cc4)NC(=O)CN4CCN(COC=O)CCN(COC=O)CCN(CC(=O)O)CC4)CC3)cc12. The fourth-order valence-corrected chi connectivity index (χ4v) is 12.2. The molecule has 2 aromatic carbocycles. The molecule has 1 aromatic heterocycles. The fourth-order valence-electron chi connectivity index (χ4n) is 10.5. The maximum absolute atomic E-state index is 14.0. The summed E-state index contributed by atoms with van der Waals surface area (Å²) in [6.45, 7) is 6.99. The number of terminal acetylenes is 1. The van der Waals surface area contributed by atoms with E-state index >= 15 is 0 Å². The lowest BCUT2D eigenvalue weighted by atomic mass is 10.1. The van der Waals surface area contributed by atoms with Gasteiger partial charge in [0.05, 0.1) is 49.9 Å². The highest BCUT2D eigenvalue weighted by atomic mass is 32.2. The van der Waals surface area contributed by atoms with Crippen molar-refractivity contribution in [3.63, 3.8) is 0 Å². The summed E-state index contributed by atoms with van der Waals surface area (Å²) in [5.74, 6) is -3.11. The van der Waals surface area contributed by atoms with Gasteiger partial charge in [0.1, 0.15) is 31.4 Å². The normalized spacial score (nSPS) is 17.8. The lowest BCUT2D eigenvalue weighted by molar-refractivity contribution is -0.141. The summed E-state index contributed by atoms with van der Waals surface area (Å²) in [6, 6.07) is 12.7. The van der Waals surface area contributed by atoms with E-state index in [1.165, 1.54) is 35.8 Å². The first-order chi connectivity index (χ1) is 44.3. The van der Waals surface area contributed by atoms with Gasteiger partial charge >= 0.3 is 5.97 Å². The number of hydrogen-bond acceptors (Lipinski definition) is 21. The quantitative estimate of drug-likeness (QED) is 0.0260. The number of benzene rings is 2. The number of alkyl halides is 2. The lowest BCUT2D eigenvalue weighted by Gasteiger charge is -2.35. The largest absolute Gasteiger partial charge is 0.494 e. The van der Waals surface area contributed by atoms with Crippen LogP contribution in [0.3, 0.4) is 0 Å². The van der Waals surface area contributed by atoms with Gasteiger partial charge in [-0.2, -0.15) is 23.5 Å². The molecule has 3 aliphatic heterocycles. The molecule has 0 saturated carbocycles. The molecule has 3 atom stereocenters. The van der Waals surface area contributed by atoms with Crippen LogP contribution >= 0.6 is 23.5 Å². The highest BCUT2D eigenvalue weighted by molar-refractivity contribution is 7.99. The van der Waals surface area contributed by atoms with Gasteiger partial charge in [0, 0.05) is 146 Å². The predicted octanol–water partition coefficient (Wildman–Crippen LogP) is 0.190. The Labute approximate surface area is 543 Å². The molecule has 3 aliphatic rings. The number of aromatic nitrogens is 1. The summed E-state index contributed by atoms with van der Waals surface area (Å²) in [7, 11) is 0. The minimum Gasteiger partial charge on any atom is -0.494 e. The fraction of sp³-hybridized carbons (Fsp3) is 0.581. The maximum Gasteiger partial charge on any atom is 0.317 e. The number of fused-ring (bicyclic) bond motifs is 1. The average Bonchev–Trinajstić information content (AvgIpc) is 1.30. The average molecular weight is 1330 g/mol. The standard InChI is InChI=1S/C62H86F2N12O14S2/c1-3-48-35-62(63,64)41-76(48)57(82)36-68-59(85)50-14-15-65-52-13-12-49(34-51(50)52)90-31-5-18-70-27-29-75(30-28-70)61(87)54(79)40-92-33-17-67-60(86)53(39-91-32-16-66-55(80)7-4-6-47-10-8-46(2)9-11-47)69-56(81)37-71-19-20-72(38-58(83)84)22-24-74(43-89-45-78)26-25-73(23-21-71)42-88-44-77/h1,8-15,34,44-45,48,53-54,79H,4-7,16-33,35-43H2,2H3,(H,66,80)(H,67,86)(H,68,85)(H,69,81)(H,83,84)/t48-,53?,54+/m0/s1. The van der Waals surface area contributed by atoms with Crippen LogP contribution in [0.2, 0.25) is 0 Å². The van der Waals surface area contributed by atoms with Crippen LogP contribution in [0, 0.1) is 19.3 Å². The molecule has 6 rings (SSSR count). The van der Waals surface area contributed by atoms with Gasteiger partial charge in [-0.15, -0.1) is 6.42 Å². The van der Waals surface area contributed by atoms with Gasteiger partial charge in [0.15, 0.2) is 0 Å². The summed E-state index contributed by atoms with van der Waals surface area (Å²) in [4.78, 5) is 130. The zero-order valence-electron chi connectivity index (χ0n) is 52.0. The number of aliphatic carboxylic acids is 1. The van der Waals surface area contributed by atoms with Crippen molar-refractivity contribution in [3.8, 4) is 18.1 Å². The molecule has 0 bridgehead atoms. The van der Waals surface area contributed by atoms with E-state index in [4.69, 9.17) is 20.6 Å². The van der Waals surface area contributed by atoms with Crippen molar-refractivity contribution in [1.82, 2.24) is 60.6 Å². The molecule has 0 spiro atoms. The van der Waals surface area contributed by atoms with Gasteiger partial charge in [-0.25, -0.2) is 8.78 Å². The number of pyridine rings is 1. The minimum absolute atomic E-state index is 0.0169. The predicted molar refractivity (Wildman–Crippen MR) is 342 cm³/mol. The van der Waals surface area contributed by atoms with Crippen LogP contribution in [-0.4, -0.2) is 295 Å². The van der Waals surface area contributed by atoms with Crippen LogP contribution < -0.4 is 26.0 Å². The van der Waals surface area contributed by atoms with Crippen LogP contribution in [0.1, 0.15) is 47.2 Å². The third kappa shape index (κ3) is 26.0. The van der Waals surface area contributed by atoms with Gasteiger partial charge in [-0.1, -0.05) is 35.7 Å². The Balaban J connectivity index is 0.932. The van der Waals surface area contributed by atoms with Crippen molar-refractivity contribution < 1.29 is 76.4 Å². The first-order valence-electron chi connectivity index (χ1n) is 30.7. The summed E-state index contributed by atoms with van der Waals surface area (Å²) in [6.07, 6.45) is 7.36. The number of nitrogens with zero attached hydrogens (tertiary/aromatic N) is 8. The summed E-state index contributed by atoms with van der Waals surface area (Å²) < 4.78 is 44.0.